The Kier molecular flexibility index (Phi) is 7.31. The van der Waals surface area contributed by atoms with E-state index in [4.69, 9.17) is 0 Å². The summed E-state index contributed by atoms with van der Waals surface area (Å²) in [5, 5.41) is 16.6. The Morgan fingerprint density at radius 1 is 1.28 bits per heavy atom. The van der Waals surface area contributed by atoms with Crippen LogP contribution in [0.2, 0.25) is 0 Å². The van der Waals surface area contributed by atoms with E-state index < -0.39 is 20.6 Å². The van der Waals surface area contributed by atoms with Gasteiger partial charge < -0.3 is 10.6 Å². The number of nitro groups is 1. The second kappa shape index (κ2) is 8.77. The van der Waals surface area contributed by atoms with Crippen LogP contribution in [0, 0.1) is 10.1 Å². The quantitative estimate of drug-likeness (QED) is 0.501. The molecule has 0 saturated carbocycles. The highest BCUT2D eigenvalue weighted by Gasteiger charge is 2.25. The summed E-state index contributed by atoms with van der Waals surface area (Å²) in [5.74, 6) is -0.316. The van der Waals surface area contributed by atoms with Crippen molar-refractivity contribution in [3.8, 4) is 0 Å². The fourth-order valence-electron chi connectivity index (χ4n) is 2.23. The van der Waals surface area contributed by atoms with Crippen LogP contribution in [0.3, 0.4) is 0 Å². The third kappa shape index (κ3) is 5.40. The van der Waals surface area contributed by atoms with Crippen molar-refractivity contribution in [2.24, 2.45) is 0 Å². The predicted molar refractivity (Wildman–Crippen MR) is 95.0 cm³/mol. The maximum Gasteiger partial charge on any atom is 0.293 e. The SMILES string of the molecule is CCN(CC)S(=O)(=O)c1ccc(NCC(=O)NC(C)C)c([N+](=O)[O-])c1. The third-order valence-corrected chi connectivity index (χ3v) is 5.44. The maximum absolute atomic E-state index is 12.5. The fraction of sp³-hybridized carbons (Fsp3) is 0.533. The molecule has 2 N–H and O–H groups in total. The van der Waals surface area contributed by atoms with Gasteiger partial charge in [-0.05, 0) is 26.0 Å². The van der Waals surface area contributed by atoms with Gasteiger partial charge in [-0.1, -0.05) is 13.8 Å². The Morgan fingerprint density at radius 3 is 2.36 bits per heavy atom. The molecule has 0 saturated heterocycles. The zero-order chi connectivity index (χ0) is 19.2. The minimum Gasteiger partial charge on any atom is -0.371 e. The second-order valence-electron chi connectivity index (χ2n) is 5.60. The van der Waals surface area contributed by atoms with E-state index in [1.165, 1.54) is 16.4 Å². The summed E-state index contributed by atoms with van der Waals surface area (Å²) in [5.41, 5.74) is -0.312. The number of sulfonamides is 1. The van der Waals surface area contributed by atoms with Crippen molar-refractivity contribution in [2.45, 2.75) is 38.6 Å². The van der Waals surface area contributed by atoms with Crippen LogP contribution in [0.15, 0.2) is 23.1 Å². The maximum atomic E-state index is 12.5. The lowest BCUT2D eigenvalue weighted by molar-refractivity contribution is -0.384. The van der Waals surface area contributed by atoms with E-state index in [1.54, 1.807) is 27.7 Å². The van der Waals surface area contributed by atoms with Crippen molar-refractivity contribution in [3.63, 3.8) is 0 Å². The normalized spacial score (nSPS) is 11.6. The Morgan fingerprint density at radius 2 is 1.88 bits per heavy atom. The highest BCUT2D eigenvalue weighted by Crippen LogP contribution is 2.28. The molecule has 0 aromatic heterocycles. The number of hydrogen-bond acceptors (Lipinski definition) is 6. The van der Waals surface area contributed by atoms with E-state index >= 15 is 0 Å². The molecule has 0 unspecified atom stereocenters. The molecule has 10 heteroatoms. The van der Waals surface area contributed by atoms with E-state index in [-0.39, 0.29) is 42.2 Å². The van der Waals surface area contributed by atoms with Crippen LogP contribution in [-0.2, 0) is 14.8 Å². The number of rotatable bonds is 9. The molecular formula is C15H24N4O5S. The number of hydrogen-bond donors (Lipinski definition) is 2. The lowest BCUT2D eigenvalue weighted by atomic mass is 10.2. The van der Waals surface area contributed by atoms with Crippen molar-refractivity contribution in [3.05, 3.63) is 28.3 Å². The predicted octanol–water partition coefficient (Wildman–Crippen LogP) is 1.56. The molecule has 1 rings (SSSR count). The molecule has 1 aromatic rings. The first kappa shape index (κ1) is 20.8. The number of anilines is 1. The van der Waals surface area contributed by atoms with Gasteiger partial charge in [0.2, 0.25) is 15.9 Å². The molecule has 0 spiro atoms. The van der Waals surface area contributed by atoms with Gasteiger partial charge in [-0.2, -0.15) is 4.31 Å². The van der Waals surface area contributed by atoms with Crippen LogP contribution in [0.4, 0.5) is 11.4 Å². The largest absolute Gasteiger partial charge is 0.371 e. The average Bonchev–Trinajstić information content (AvgIpc) is 2.52. The molecule has 1 aromatic carbocycles. The summed E-state index contributed by atoms with van der Waals surface area (Å²) in [6, 6.07) is 3.56. The molecule has 1 amide bonds. The second-order valence-corrected chi connectivity index (χ2v) is 7.54. The zero-order valence-electron chi connectivity index (χ0n) is 14.8. The van der Waals surface area contributed by atoms with Gasteiger partial charge in [0.1, 0.15) is 5.69 Å². The van der Waals surface area contributed by atoms with Crippen LogP contribution >= 0.6 is 0 Å². The number of carbonyl (C=O) groups excluding carboxylic acids is 1. The summed E-state index contributed by atoms with van der Waals surface area (Å²) in [6.07, 6.45) is 0. The van der Waals surface area contributed by atoms with Crippen molar-refractivity contribution in [1.29, 1.82) is 0 Å². The van der Waals surface area contributed by atoms with E-state index in [1.807, 2.05) is 0 Å². The van der Waals surface area contributed by atoms with Gasteiger partial charge in [0.05, 0.1) is 16.4 Å². The number of nitrogens with zero attached hydrogens (tertiary/aromatic N) is 2. The Balaban J connectivity index is 3.12. The summed E-state index contributed by atoms with van der Waals surface area (Å²) >= 11 is 0. The molecule has 0 radical (unpaired) electrons. The Bertz CT molecular complexity index is 729. The highest BCUT2D eigenvalue weighted by molar-refractivity contribution is 7.89. The molecule has 0 aliphatic carbocycles. The minimum atomic E-state index is -3.80. The Labute approximate surface area is 147 Å². The zero-order valence-corrected chi connectivity index (χ0v) is 15.6. The Hall–Kier alpha value is -2.20. The standard InChI is InChI=1S/C15H24N4O5S/c1-5-18(6-2)25(23,24)12-7-8-13(14(9-12)19(21)22)16-10-15(20)17-11(3)4/h7-9,11,16H,5-6,10H2,1-4H3,(H,17,20). The molecular weight excluding hydrogens is 348 g/mol. The number of benzene rings is 1. The van der Waals surface area contributed by atoms with E-state index in [2.05, 4.69) is 10.6 Å². The molecule has 0 bridgehead atoms. The van der Waals surface area contributed by atoms with Crippen molar-refractivity contribution >= 4 is 27.3 Å². The van der Waals surface area contributed by atoms with Crippen LogP contribution < -0.4 is 10.6 Å². The lowest BCUT2D eigenvalue weighted by Gasteiger charge is -2.18. The number of carbonyl (C=O) groups is 1. The first-order valence-electron chi connectivity index (χ1n) is 7.95. The minimum absolute atomic E-state index is 0.0501. The molecule has 0 aliphatic heterocycles. The van der Waals surface area contributed by atoms with Crippen molar-refractivity contribution in [1.82, 2.24) is 9.62 Å². The van der Waals surface area contributed by atoms with Crippen LogP contribution in [0.1, 0.15) is 27.7 Å². The lowest BCUT2D eigenvalue weighted by Crippen LogP contribution is -2.35. The summed E-state index contributed by atoms with van der Waals surface area (Å²) in [7, 11) is -3.80. The van der Waals surface area contributed by atoms with Gasteiger partial charge in [-0.3, -0.25) is 14.9 Å². The smallest absolute Gasteiger partial charge is 0.293 e. The van der Waals surface area contributed by atoms with Crippen molar-refractivity contribution in [2.75, 3.05) is 25.0 Å². The molecule has 0 heterocycles. The first-order valence-corrected chi connectivity index (χ1v) is 9.39. The molecule has 0 aliphatic rings. The van der Waals surface area contributed by atoms with Gasteiger partial charge in [0, 0.05) is 25.2 Å². The summed E-state index contributed by atoms with van der Waals surface area (Å²) < 4.78 is 26.2. The van der Waals surface area contributed by atoms with E-state index in [0.717, 1.165) is 6.07 Å². The van der Waals surface area contributed by atoms with Gasteiger partial charge >= 0.3 is 0 Å². The van der Waals surface area contributed by atoms with Crippen LogP contribution in [0.25, 0.3) is 0 Å². The highest BCUT2D eigenvalue weighted by atomic mass is 32.2. The monoisotopic (exact) mass is 372 g/mol. The number of amides is 1. The summed E-state index contributed by atoms with van der Waals surface area (Å²) in [6.45, 7) is 7.36. The van der Waals surface area contributed by atoms with E-state index in [9.17, 15) is 23.3 Å². The third-order valence-electron chi connectivity index (χ3n) is 3.40. The average molecular weight is 372 g/mol. The van der Waals surface area contributed by atoms with Crippen molar-refractivity contribution < 1.29 is 18.1 Å². The van der Waals surface area contributed by atoms with Gasteiger partial charge in [-0.25, -0.2) is 8.42 Å². The topological polar surface area (TPSA) is 122 Å². The molecule has 25 heavy (non-hydrogen) atoms. The van der Waals surface area contributed by atoms with Crippen LogP contribution in [-0.4, -0.2) is 49.2 Å². The fourth-order valence-corrected chi connectivity index (χ4v) is 3.71. The first-order chi connectivity index (χ1) is 11.6. The molecule has 9 nitrogen and oxygen atoms in total. The van der Waals surface area contributed by atoms with Gasteiger partial charge in [0.25, 0.3) is 5.69 Å². The summed E-state index contributed by atoms with van der Waals surface area (Å²) in [4.78, 5) is 22.1. The molecule has 140 valence electrons. The van der Waals surface area contributed by atoms with Gasteiger partial charge in [-0.15, -0.1) is 0 Å². The molecule has 0 fully saturated rings. The van der Waals surface area contributed by atoms with Crippen LogP contribution in [0.5, 0.6) is 0 Å². The number of nitrogens with one attached hydrogen (secondary N) is 2. The van der Waals surface area contributed by atoms with Gasteiger partial charge in [0.15, 0.2) is 0 Å². The molecule has 0 atom stereocenters. The van der Waals surface area contributed by atoms with E-state index in [0.29, 0.717) is 0 Å². The number of nitro benzene ring substituents is 1.